The highest BCUT2D eigenvalue weighted by atomic mass is 35.5. The lowest BCUT2D eigenvalue weighted by molar-refractivity contribution is 0.344. The maximum absolute atomic E-state index is 13.9. The number of nitrogens with one attached hydrogen (secondary N) is 1. The van der Waals surface area contributed by atoms with Crippen LogP contribution in [-0.4, -0.2) is 20.5 Å². The molecule has 1 atom stereocenters. The molecule has 0 aliphatic rings. The van der Waals surface area contributed by atoms with E-state index in [1.807, 2.05) is 13.8 Å². The van der Waals surface area contributed by atoms with E-state index < -0.39 is 26.3 Å². The summed E-state index contributed by atoms with van der Waals surface area (Å²) in [5.74, 6) is -0.707. The van der Waals surface area contributed by atoms with E-state index in [0.29, 0.717) is 6.42 Å². The zero-order valence-corrected chi connectivity index (χ0v) is 14.6. The molecule has 0 fully saturated rings. The summed E-state index contributed by atoms with van der Waals surface area (Å²) in [5.41, 5.74) is 4.83. The maximum atomic E-state index is 13.9. The van der Waals surface area contributed by atoms with Gasteiger partial charge in [0, 0.05) is 12.1 Å². The minimum Gasteiger partial charge on any atom is -0.329 e. The standard InChI is InChI=1S/C13H20ClFN2O2S.ClH/c1-9(2)7-13(3,8-16)17-20(18,19)11-6-4-5-10(14)12(11)15;/h4-6,9,17H,7-8,16H2,1-3H3;1H. The van der Waals surface area contributed by atoms with Crippen molar-refractivity contribution >= 4 is 34.0 Å². The van der Waals surface area contributed by atoms with Gasteiger partial charge in [0.25, 0.3) is 0 Å². The Bertz CT molecular complexity index is 582. The second kappa shape index (κ2) is 7.74. The summed E-state index contributed by atoms with van der Waals surface area (Å²) in [5, 5.41) is -0.230. The van der Waals surface area contributed by atoms with Crippen molar-refractivity contribution in [2.45, 2.75) is 37.6 Å². The smallest absolute Gasteiger partial charge is 0.244 e. The highest BCUT2D eigenvalue weighted by Gasteiger charge is 2.32. The molecule has 0 aliphatic carbocycles. The van der Waals surface area contributed by atoms with Gasteiger partial charge in [-0.2, -0.15) is 0 Å². The fourth-order valence-corrected chi connectivity index (χ4v) is 3.90. The summed E-state index contributed by atoms with van der Waals surface area (Å²) in [4.78, 5) is -0.464. The van der Waals surface area contributed by atoms with E-state index in [2.05, 4.69) is 4.72 Å². The summed E-state index contributed by atoms with van der Waals surface area (Å²) in [7, 11) is -4.02. The fraction of sp³-hybridized carbons (Fsp3) is 0.538. The molecule has 0 heterocycles. The molecule has 0 aromatic heterocycles. The molecule has 4 nitrogen and oxygen atoms in total. The quantitative estimate of drug-likeness (QED) is 0.820. The Morgan fingerprint density at radius 1 is 1.43 bits per heavy atom. The Morgan fingerprint density at radius 2 is 2.00 bits per heavy atom. The Labute approximate surface area is 136 Å². The van der Waals surface area contributed by atoms with Crippen LogP contribution in [0.25, 0.3) is 0 Å². The molecule has 0 spiro atoms. The van der Waals surface area contributed by atoms with Gasteiger partial charge in [0.05, 0.1) is 5.02 Å². The van der Waals surface area contributed by atoms with E-state index >= 15 is 0 Å². The molecule has 8 heteroatoms. The molecule has 1 unspecified atom stereocenters. The fourth-order valence-electron chi connectivity index (χ4n) is 2.14. The molecule has 0 aliphatic heterocycles. The molecule has 0 saturated heterocycles. The Balaban J connectivity index is 0.00000400. The highest BCUT2D eigenvalue weighted by molar-refractivity contribution is 7.89. The number of nitrogens with two attached hydrogens (primary N) is 1. The van der Waals surface area contributed by atoms with Crippen LogP contribution in [-0.2, 0) is 10.0 Å². The highest BCUT2D eigenvalue weighted by Crippen LogP contribution is 2.24. The Kier molecular flexibility index (Phi) is 7.59. The van der Waals surface area contributed by atoms with E-state index in [-0.39, 0.29) is 29.9 Å². The molecule has 1 aromatic rings. The molecule has 0 amide bonds. The van der Waals surface area contributed by atoms with Gasteiger partial charge in [-0.25, -0.2) is 17.5 Å². The second-order valence-electron chi connectivity index (χ2n) is 5.52. The van der Waals surface area contributed by atoms with Crippen molar-refractivity contribution in [3.63, 3.8) is 0 Å². The predicted octanol–water partition coefficient (Wildman–Crippen LogP) is 2.94. The molecule has 1 aromatic carbocycles. The van der Waals surface area contributed by atoms with Crippen molar-refractivity contribution in [2.75, 3.05) is 6.54 Å². The summed E-state index contributed by atoms with van der Waals surface area (Å²) >= 11 is 5.62. The topological polar surface area (TPSA) is 72.2 Å². The van der Waals surface area contributed by atoms with Crippen LogP contribution in [0.5, 0.6) is 0 Å². The van der Waals surface area contributed by atoms with Crippen molar-refractivity contribution in [2.24, 2.45) is 11.7 Å². The third kappa shape index (κ3) is 5.38. The summed E-state index contributed by atoms with van der Waals surface area (Å²) in [6, 6.07) is 3.87. The Hall–Kier alpha value is -0.400. The molecular formula is C13H21Cl2FN2O2S. The second-order valence-corrected chi connectivity index (χ2v) is 7.58. The summed E-state index contributed by atoms with van der Waals surface area (Å²) in [6.07, 6.45) is 0.547. The van der Waals surface area contributed by atoms with Crippen molar-refractivity contribution in [1.82, 2.24) is 4.72 Å². The van der Waals surface area contributed by atoms with Crippen molar-refractivity contribution in [3.8, 4) is 0 Å². The van der Waals surface area contributed by atoms with Gasteiger partial charge in [-0.15, -0.1) is 12.4 Å². The third-order valence-corrected chi connectivity index (χ3v) is 4.84. The third-order valence-electron chi connectivity index (χ3n) is 2.90. The summed E-state index contributed by atoms with van der Waals surface area (Å²) in [6.45, 7) is 5.74. The number of hydrogen-bond acceptors (Lipinski definition) is 3. The maximum Gasteiger partial charge on any atom is 0.244 e. The Morgan fingerprint density at radius 3 is 2.48 bits per heavy atom. The van der Waals surface area contributed by atoms with Gasteiger partial charge >= 0.3 is 0 Å². The van der Waals surface area contributed by atoms with Crippen molar-refractivity contribution < 1.29 is 12.8 Å². The van der Waals surface area contributed by atoms with Crippen LogP contribution in [0, 0.1) is 11.7 Å². The lowest BCUT2D eigenvalue weighted by Gasteiger charge is -2.30. The van der Waals surface area contributed by atoms with Gasteiger partial charge in [0.1, 0.15) is 4.90 Å². The lowest BCUT2D eigenvalue weighted by atomic mass is 9.92. The first-order valence-corrected chi connectivity index (χ1v) is 8.15. The molecule has 0 saturated carbocycles. The number of rotatable bonds is 6. The van der Waals surface area contributed by atoms with Gasteiger partial charge in [-0.3, -0.25) is 0 Å². The van der Waals surface area contributed by atoms with Gasteiger partial charge in [-0.05, 0) is 31.4 Å². The predicted molar refractivity (Wildman–Crippen MR) is 85.9 cm³/mol. The molecule has 3 N–H and O–H groups in total. The first-order chi connectivity index (χ1) is 9.11. The van der Waals surface area contributed by atoms with Crippen LogP contribution in [0.2, 0.25) is 5.02 Å². The largest absolute Gasteiger partial charge is 0.329 e. The summed E-state index contributed by atoms with van der Waals surface area (Å²) < 4.78 is 40.9. The molecule has 0 radical (unpaired) electrons. The van der Waals surface area contributed by atoms with Gasteiger partial charge in [0.2, 0.25) is 10.0 Å². The molecule has 0 bridgehead atoms. The minimum absolute atomic E-state index is 0. The molecule has 122 valence electrons. The zero-order chi connectivity index (χ0) is 15.6. The van der Waals surface area contributed by atoms with E-state index in [1.165, 1.54) is 18.2 Å². The first kappa shape index (κ1) is 20.6. The van der Waals surface area contributed by atoms with E-state index in [9.17, 15) is 12.8 Å². The van der Waals surface area contributed by atoms with Gasteiger partial charge < -0.3 is 5.73 Å². The lowest BCUT2D eigenvalue weighted by Crippen LogP contribution is -2.52. The average molecular weight is 359 g/mol. The zero-order valence-electron chi connectivity index (χ0n) is 12.2. The molecular weight excluding hydrogens is 338 g/mol. The SMILES string of the molecule is CC(C)CC(C)(CN)NS(=O)(=O)c1cccc(Cl)c1F.Cl. The number of halogens is 3. The molecule has 1 rings (SSSR count). The number of hydrogen-bond donors (Lipinski definition) is 2. The van der Waals surface area contributed by atoms with Crippen LogP contribution in [0.15, 0.2) is 23.1 Å². The van der Waals surface area contributed by atoms with E-state index in [4.69, 9.17) is 17.3 Å². The number of benzene rings is 1. The van der Waals surface area contributed by atoms with Crippen LogP contribution in [0.3, 0.4) is 0 Å². The van der Waals surface area contributed by atoms with Crippen LogP contribution >= 0.6 is 24.0 Å². The van der Waals surface area contributed by atoms with Gasteiger partial charge in [-0.1, -0.05) is 31.5 Å². The first-order valence-electron chi connectivity index (χ1n) is 6.29. The van der Waals surface area contributed by atoms with Crippen LogP contribution in [0.1, 0.15) is 27.2 Å². The van der Waals surface area contributed by atoms with Gasteiger partial charge in [0.15, 0.2) is 5.82 Å². The molecule has 21 heavy (non-hydrogen) atoms. The normalized spacial score (nSPS) is 14.6. The van der Waals surface area contributed by atoms with E-state index in [0.717, 1.165) is 0 Å². The monoisotopic (exact) mass is 358 g/mol. The minimum atomic E-state index is -4.02. The average Bonchev–Trinajstić information content (AvgIpc) is 2.30. The van der Waals surface area contributed by atoms with E-state index in [1.54, 1.807) is 6.92 Å². The van der Waals surface area contributed by atoms with Crippen molar-refractivity contribution in [3.05, 3.63) is 29.0 Å². The van der Waals surface area contributed by atoms with Crippen LogP contribution in [0.4, 0.5) is 4.39 Å². The van der Waals surface area contributed by atoms with Crippen molar-refractivity contribution in [1.29, 1.82) is 0 Å². The van der Waals surface area contributed by atoms with Crippen LogP contribution < -0.4 is 10.5 Å². The number of sulfonamides is 1.